The van der Waals surface area contributed by atoms with E-state index in [1.54, 1.807) is 16.9 Å². The van der Waals surface area contributed by atoms with E-state index in [-0.39, 0.29) is 0 Å². The molecule has 20 heavy (non-hydrogen) atoms. The lowest BCUT2D eigenvalue weighted by atomic mass is 9.81. The molecule has 1 aliphatic carbocycles. The number of rotatable bonds is 4. The largest absolute Gasteiger partial charge is 0.252 e. The molecule has 1 fully saturated rings. The molecule has 0 saturated heterocycles. The third kappa shape index (κ3) is 3.15. The van der Waals surface area contributed by atoms with Crippen LogP contribution in [0, 0.1) is 0 Å². The van der Waals surface area contributed by atoms with E-state index in [2.05, 4.69) is 39.1 Å². The summed E-state index contributed by atoms with van der Waals surface area (Å²) in [7, 11) is 0. The molecule has 0 amide bonds. The first-order valence-electron chi connectivity index (χ1n) is 7.46. The van der Waals surface area contributed by atoms with Gasteiger partial charge in [0.25, 0.3) is 0 Å². The molecule has 1 aliphatic rings. The Hall–Kier alpha value is -0.670. The Balaban J connectivity index is 1.99. The van der Waals surface area contributed by atoms with Crippen LogP contribution in [0.1, 0.15) is 49.1 Å². The van der Waals surface area contributed by atoms with E-state index in [1.165, 1.54) is 48.1 Å². The van der Waals surface area contributed by atoms with Crippen molar-refractivity contribution in [2.75, 3.05) is 5.33 Å². The SMILES string of the molecule is BrCCc1ccc(-c2cncs2)c(C2CCCCC2)c1. The lowest BCUT2D eigenvalue weighted by molar-refractivity contribution is 0.444. The van der Waals surface area contributed by atoms with E-state index in [9.17, 15) is 0 Å². The van der Waals surface area contributed by atoms with Gasteiger partial charge in [0, 0.05) is 11.5 Å². The Bertz CT molecular complexity index is 544. The molecule has 0 spiro atoms. The molecule has 1 saturated carbocycles. The summed E-state index contributed by atoms with van der Waals surface area (Å²) in [5, 5.41) is 1.04. The maximum atomic E-state index is 4.25. The molecular weight excluding hydrogens is 330 g/mol. The van der Waals surface area contributed by atoms with E-state index in [0.717, 1.165) is 17.7 Å². The van der Waals surface area contributed by atoms with Gasteiger partial charge in [-0.05, 0) is 41.9 Å². The van der Waals surface area contributed by atoms with Crippen molar-refractivity contribution < 1.29 is 0 Å². The molecule has 106 valence electrons. The highest BCUT2D eigenvalue weighted by Gasteiger charge is 2.20. The molecule has 0 aliphatic heterocycles. The summed E-state index contributed by atoms with van der Waals surface area (Å²) in [5.74, 6) is 0.746. The van der Waals surface area contributed by atoms with E-state index in [1.807, 2.05) is 11.7 Å². The molecule has 3 heteroatoms. The molecule has 1 heterocycles. The van der Waals surface area contributed by atoms with Crippen LogP contribution < -0.4 is 0 Å². The van der Waals surface area contributed by atoms with Crippen molar-refractivity contribution in [3.63, 3.8) is 0 Å². The van der Waals surface area contributed by atoms with Crippen LogP contribution in [0.3, 0.4) is 0 Å². The molecule has 0 N–H and O–H groups in total. The van der Waals surface area contributed by atoms with Gasteiger partial charge in [0.15, 0.2) is 0 Å². The number of nitrogens with zero attached hydrogens (tertiary/aromatic N) is 1. The normalized spacial score (nSPS) is 16.4. The molecule has 1 aromatic carbocycles. The minimum absolute atomic E-state index is 0.746. The van der Waals surface area contributed by atoms with Gasteiger partial charge in [0.1, 0.15) is 0 Å². The van der Waals surface area contributed by atoms with Gasteiger partial charge in [-0.1, -0.05) is 53.4 Å². The molecule has 0 unspecified atom stereocenters. The molecule has 1 nitrogen and oxygen atoms in total. The summed E-state index contributed by atoms with van der Waals surface area (Å²) in [6.45, 7) is 0. The van der Waals surface area contributed by atoms with Crippen molar-refractivity contribution in [1.82, 2.24) is 4.98 Å². The van der Waals surface area contributed by atoms with Gasteiger partial charge in [-0.2, -0.15) is 0 Å². The van der Waals surface area contributed by atoms with Crippen LogP contribution in [0.4, 0.5) is 0 Å². The summed E-state index contributed by atoms with van der Waals surface area (Å²) in [6.07, 6.45) is 10.0. The van der Waals surface area contributed by atoms with E-state index in [4.69, 9.17) is 0 Å². The zero-order valence-corrected chi connectivity index (χ0v) is 14.0. The monoisotopic (exact) mass is 349 g/mol. The molecule has 2 aromatic rings. The standard InChI is InChI=1S/C17H20BrNS/c18-9-8-13-6-7-15(17-11-19-12-20-17)16(10-13)14-4-2-1-3-5-14/h6-7,10-12,14H,1-5,8-9H2. The van der Waals surface area contributed by atoms with Gasteiger partial charge in [-0.3, -0.25) is 4.98 Å². The Kier molecular flexibility index (Phi) is 4.90. The van der Waals surface area contributed by atoms with Crippen LogP contribution in [-0.2, 0) is 6.42 Å². The number of aryl methyl sites for hydroxylation is 1. The summed E-state index contributed by atoms with van der Waals surface area (Å²) in [4.78, 5) is 5.57. The fourth-order valence-electron chi connectivity index (χ4n) is 3.20. The fourth-order valence-corrected chi connectivity index (χ4v) is 4.33. The third-order valence-electron chi connectivity index (χ3n) is 4.24. The summed E-state index contributed by atoms with van der Waals surface area (Å²) in [6, 6.07) is 7.05. The minimum atomic E-state index is 0.746. The quantitative estimate of drug-likeness (QED) is 0.636. The fraction of sp³-hybridized carbons (Fsp3) is 0.471. The van der Waals surface area contributed by atoms with Gasteiger partial charge in [0.2, 0.25) is 0 Å². The highest BCUT2D eigenvalue weighted by molar-refractivity contribution is 9.09. The van der Waals surface area contributed by atoms with Gasteiger partial charge >= 0.3 is 0 Å². The first-order valence-corrected chi connectivity index (χ1v) is 9.46. The minimum Gasteiger partial charge on any atom is -0.252 e. The maximum Gasteiger partial charge on any atom is 0.0797 e. The number of thiazole rings is 1. The smallest absolute Gasteiger partial charge is 0.0797 e. The van der Waals surface area contributed by atoms with Gasteiger partial charge in [-0.25, -0.2) is 0 Å². The molecule has 3 rings (SSSR count). The topological polar surface area (TPSA) is 12.9 Å². The number of aromatic nitrogens is 1. The molecule has 0 bridgehead atoms. The molecule has 0 radical (unpaired) electrons. The Morgan fingerprint density at radius 3 is 2.75 bits per heavy atom. The number of halogens is 1. The maximum absolute atomic E-state index is 4.25. The lowest BCUT2D eigenvalue weighted by Crippen LogP contribution is -2.06. The predicted molar refractivity (Wildman–Crippen MR) is 90.9 cm³/mol. The van der Waals surface area contributed by atoms with E-state index < -0.39 is 0 Å². The number of hydrogen-bond donors (Lipinski definition) is 0. The Morgan fingerprint density at radius 1 is 1.20 bits per heavy atom. The van der Waals surface area contributed by atoms with Crippen LogP contribution in [0.25, 0.3) is 10.4 Å². The van der Waals surface area contributed by atoms with Crippen LogP contribution in [0.15, 0.2) is 29.9 Å². The van der Waals surface area contributed by atoms with Crippen molar-refractivity contribution in [1.29, 1.82) is 0 Å². The second-order valence-electron chi connectivity index (χ2n) is 5.56. The average molecular weight is 350 g/mol. The Morgan fingerprint density at radius 2 is 2.05 bits per heavy atom. The number of benzene rings is 1. The van der Waals surface area contributed by atoms with Crippen molar-refractivity contribution in [2.24, 2.45) is 0 Å². The van der Waals surface area contributed by atoms with Crippen molar-refractivity contribution in [2.45, 2.75) is 44.4 Å². The van der Waals surface area contributed by atoms with Gasteiger partial charge in [-0.15, -0.1) is 11.3 Å². The second kappa shape index (κ2) is 6.86. The molecule has 1 aromatic heterocycles. The third-order valence-corrected chi connectivity index (χ3v) is 5.44. The number of hydrogen-bond acceptors (Lipinski definition) is 2. The first kappa shape index (κ1) is 14.3. The van der Waals surface area contributed by atoms with Crippen molar-refractivity contribution >= 4 is 27.3 Å². The number of alkyl halides is 1. The van der Waals surface area contributed by atoms with Crippen LogP contribution in [-0.4, -0.2) is 10.3 Å². The van der Waals surface area contributed by atoms with Gasteiger partial charge < -0.3 is 0 Å². The average Bonchev–Trinajstić information content (AvgIpc) is 3.03. The molecule has 0 atom stereocenters. The first-order chi connectivity index (χ1) is 9.88. The van der Waals surface area contributed by atoms with Gasteiger partial charge in [0.05, 0.1) is 10.4 Å². The highest BCUT2D eigenvalue weighted by Crippen LogP contribution is 2.39. The van der Waals surface area contributed by atoms with E-state index in [0.29, 0.717) is 0 Å². The summed E-state index contributed by atoms with van der Waals surface area (Å²) in [5.41, 5.74) is 6.37. The zero-order chi connectivity index (χ0) is 13.8. The van der Waals surface area contributed by atoms with Crippen molar-refractivity contribution in [3.8, 4) is 10.4 Å². The highest BCUT2D eigenvalue weighted by atomic mass is 79.9. The Labute approximate surface area is 133 Å². The predicted octanol–water partition coefficient (Wildman–Crippen LogP) is 5.80. The zero-order valence-electron chi connectivity index (χ0n) is 11.6. The van der Waals surface area contributed by atoms with Crippen LogP contribution >= 0.6 is 27.3 Å². The summed E-state index contributed by atoms with van der Waals surface area (Å²) >= 11 is 5.31. The molecular formula is C17H20BrNS. The lowest BCUT2D eigenvalue weighted by Gasteiger charge is -2.24. The van der Waals surface area contributed by atoms with E-state index >= 15 is 0 Å². The summed E-state index contributed by atoms with van der Waals surface area (Å²) < 4.78 is 0. The van der Waals surface area contributed by atoms with Crippen LogP contribution in [0.5, 0.6) is 0 Å². The van der Waals surface area contributed by atoms with Crippen molar-refractivity contribution in [3.05, 3.63) is 41.0 Å². The van der Waals surface area contributed by atoms with Crippen LogP contribution in [0.2, 0.25) is 0 Å². The second-order valence-corrected chi connectivity index (χ2v) is 7.24.